The zero-order chi connectivity index (χ0) is 8.72. The Hall–Kier alpha value is -0.0800. The van der Waals surface area contributed by atoms with Gasteiger partial charge in [-0.25, -0.2) is 0 Å². The summed E-state index contributed by atoms with van der Waals surface area (Å²) in [6, 6.07) is 0. The third-order valence-electron chi connectivity index (χ3n) is 3.54. The zero-order valence-corrected chi connectivity index (χ0v) is 7.86. The van der Waals surface area contributed by atoms with Gasteiger partial charge in [0.05, 0.1) is 6.10 Å². The highest BCUT2D eigenvalue weighted by Gasteiger charge is 2.43. The van der Waals surface area contributed by atoms with E-state index in [-0.39, 0.29) is 0 Å². The van der Waals surface area contributed by atoms with E-state index in [1.165, 1.54) is 12.8 Å². The van der Waals surface area contributed by atoms with E-state index in [9.17, 15) is 5.11 Å². The molecule has 2 heteroatoms. The highest BCUT2D eigenvalue weighted by molar-refractivity contribution is 4.88. The number of hydrogen-bond acceptors (Lipinski definition) is 2. The van der Waals surface area contributed by atoms with Crippen molar-refractivity contribution in [3.8, 4) is 0 Å². The minimum atomic E-state index is -0.495. The van der Waals surface area contributed by atoms with Gasteiger partial charge in [-0.2, -0.15) is 0 Å². The van der Waals surface area contributed by atoms with Crippen LogP contribution < -0.4 is 0 Å². The van der Waals surface area contributed by atoms with Crippen molar-refractivity contribution in [3.63, 3.8) is 0 Å². The molecule has 2 rings (SSSR count). The van der Waals surface area contributed by atoms with Gasteiger partial charge in [-0.05, 0) is 24.7 Å². The Morgan fingerprint density at radius 1 is 1.25 bits per heavy atom. The molecule has 0 spiro atoms. The molecular weight excluding hydrogens is 152 g/mol. The van der Waals surface area contributed by atoms with E-state index >= 15 is 0 Å². The summed E-state index contributed by atoms with van der Waals surface area (Å²) in [6.45, 7) is 4.38. The van der Waals surface area contributed by atoms with Gasteiger partial charge in [-0.15, -0.1) is 0 Å². The quantitative estimate of drug-likeness (QED) is 0.600. The molecule has 2 nitrogen and oxygen atoms in total. The lowest BCUT2D eigenvalue weighted by atomic mass is 9.77. The number of fused-ring (bicyclic) bond motifs is 1. The lowest BCUT2D eigenvalue weighted by Crippen LogP contribution is -2.27. The fourth-order valence-electron chi connectivity index (χ4n) is 2.62. The molecule has 1 saturated carbocycles. The first-order valence-electron chi connectivity index (χ1n) is 5.02. The van der Waals surface area contributed by atoms with Gasteiger partial charge in [-0.3, -0.25) is 0 Å². The van der Waals surface area contributed by atoms with Crippen LogP contribution in [0.3, 0.4) is 0 Å². The largest absolute Gasteiger partial charge is 0.368 e. The molecule has 1 saturated heterocycles. The Morgan fingerprint density at radius 2 is 2.00 bits per heavy atom. The van der Waals surface area contributed by atoms with Crippen LogP contribution in [0.2, 0.25) is 0 Å². The number of rotatable bonds is 0. The van der Waals surface area contributed by atoms with Gasteiger partial charge in [0.15, 0.2) is 6.29 Å². The van der Waals surface area contributed by atoms with E-state index in [2.05, 4.69) is 13.8 Å². The maximum atomic E-state index is 9.49. The fraction of sp³-hybridized carbons (Fsp3) is 1.00. The van der Waals surface area contributed by atoms with Crippen molar-refractivity contribution in [1.29, 1.82) is 0 Å². The molecule has 0 bridgehead atoms. The Labute approximate surface area is 73.9 Å². The highest BCUT2D eigenvalue weighted by Crippen LogP contribution is 2.42. The van der Waals surface area contributed by atoms with Gasteiger partial charge in [0.1, 0.15) is 0 Å². The molecule has 2 aliphatic rings. The Balaban J connectivity index is 2.04. The van der Waals surface area contributed by atoms with Crippen molar-refractivity contribution in [2.45, 2.75) is 45.5 Å². The van der Waals surface area contributed by atoms with Crippen LogP contribution in [-0.2, 0) is 4.74 Å². The molecule has 1 heterocycles. The van der Waals surface area contributed by atoms with Gasteiger partial charge in [0.2, 0.25) is 0 Å². The normalized spacial score (nSPS) is 53.8. The van der Waals surface area contributed by atoms with Crippen LogP contribution in [0.25, 0.3) is 0 Å². The van der Waals surface area contributed by atoms with Crippen molar-refractivity contribution in [2.75, 3.05) is 0 Å². The minimum absolute atomic E-state index is 0.346. The minimum Gasteiger partial charge on any atom is -0.368 e. The van der Waals surface area contributed by atoms with Crippen molar-refractivity contribution in [3.05, 3.63) is 0 Å². The first-order chi connectivity index (χ1) is 5.68. The van der Waals surface area contributed by atoms with Gasteiger partial charge < -0.3 is 9.84 Å². The molecule has 1 unspecified atom stereocenters. The van der Waals surface area contributed by atoms with Crippen LogP contribution in [0.15, 0.2) is 0 Å². The monoisotopic (exact) mass is 170 g/mol. The SMILES string of the molecule is C[C@H]1CC[C@H]2[C@H](C1)OC(O)[C@@H]2C. The summed E-state index contributed by atoms with van der Waals surface area (Å²) < 4.78 is 5.50. The molecule has 1 N–H and O–H groups in total. The molecular formula is C10H18O2. The number of aliphatic hydroxyl groups is 1. The van der Waals surface area contributed by atoms with Crippen molar-refractivity contribution in [2.24, 2.45) is 17.8 Å². The number of hydrogen-bond donors (Lipinski definition) is 1. The second-order valence-corrected chi connectivity index (χ2v) is 4.51. The van der Waals surface area contributed by atoms with Crippen molar-refractivity contribution < 1.29 is 9.84 Å². The summed E-state index contributed by atoms with van der Waals surface area (Å²) in [5.74, 6) is 1.75. The van der Waals surface area contributed by atoms with Crippen molar-refractivity contribution >= 4 is 0 Å². The van der Waals surface area contributed by atoms with Gasteiger partial charge in [0, 0.05) is 5.92 Å². The van der Waals surface area contributed by atoms with E-state index in [0.717, 1.165) is 12.3 Å². The maximum absolute atomic E-state index is 9.49. The smallest absolute Gasteiger partial charge is 0.157 e. The third kappa shape index (κ3) is 1.27. The second kappa shape index (κ2) is 3.00. The van der Waals surface area contributed by atoms with E-state index in [1.807, 2.05) is 0 Å². The topological polar surface area (TPSA) is 29.5 Å². The van der Waals surface area contributed by atoms with Gasteiger partial charge in [-0.1, -0.05) is 20.3 Å². The third-order valence-corrected chi connectivity index (χ3v) is 3.54. The second-order valence-electron chi connectivity index (χ2n) is 4.51. The molecule has 12 heavy (non-hydrogen) atoms. The molecule has 70 valence electrons. The average molecular weight is 170 g/mol. The van der Waals surface area contributed by atoms with Crippen LogP contribution >= 0.6 is 0 Å². The molecule has 0 aromatic carbocycles. The van der Waals surface area contributed by atoms with Gasteiger partial charge in [0.25, 0.3) is 0 Å². The standard InChI is InChI=1S/C10H18O2/c1-6-3-4-8-7(2)10(11)12-9(8)5-6/h6-11H,3-5H2,1-2H3/t6-,7+,8+,9-,10?/m0/s1. The zero-order valence-electron chi connectivity index (χ0n) is 7.86. The van der Waals surface area contributed by atoms with E-state index < -0.39 is 6.29 Å². The molecule has 1 aliphatic heterocycles. The first-order valence-corrected chi connectivity index (χ1v) is 5.02. The highest BCUT2D eigenvalue weighted by atomic mass is 16.6. The maximum Gasteiger partial charge on any atom is 0.157 e. The van der Waals surface area contributed by atoms with Crippen LogP contribution in [0.4, 0.5) is 0 Å². The lowest BCUT2D eigenvalue weighted by molar-refractivity contribution is -0.111. The summed E-state index contributed by atoms with van der Waals surface area (Å²) in [5.41, 5.74) is 0. The van der Waals surface area contributed by atoms with Gasteiger partial charge >= 0.3 is 0 Å². The summed E-state index contributed by atoms with van der Waals surface area (Å²) in [7, 11) is 0. The molecule has 2 fully saturated rings. The molecule has 5 atom stereocenters. The summed E-state index contributed by atoms with van der Waals surface area (Å²) in [6.07, 6.45) is 3.54. The number of aliphatic hydroxyl groups excluding tert-OH is 1. The van der Waals surface area contributed by atoms with E-state index in [0.29, 0.717) is 17.9 Å². The average Bonchev–Trinajstić information content (AvgIpc) is 2.28. The predicted molar refractivity (Wildman–Crippen MR) is 46.5 cm³/mol. The van der Waals surface area contributed by atoms with Crippen LogP contribution in [0.5, 0.6) is 0 Å². The van der Waals surface area contributed by atoms with Crippen LogP contribution in [0.1, 0.15) is 33.1 Å². The summed E-state index contributed by atoms with van der Waals surface area (Å²) >= 11 is 0. The van der Waals surface area contributed by atoms with E-state index in [4.69, 9.17) is 4.74 Å². The number of ether oxygens (including phenoxy) is 1. The van der Waals surface area contributed by atoms with Crippen molar-refractivity contribution in [1.82, 2.24) is 0 Å². The van der Waals surface area contributed by atoms with Crippen LogP contribution in [0, 0.1) is 17.8 Å². The molecule has 1 aliphatic carbocycles. The predicted octanol–water partition coefficient (Wildman–Crippen LogP) is 1.78. The molecule has 0 aromatic rings. The van der Waals surface area contributed by atoms with E-state index in [1.54, 1.807) is 0 Å². The Bertz CT molecular complexity index is 167. The Morgan fingerprint density at radius 3 is 2.75 bits per heavy atom. The molecule has 0 radical (unpaired) electrons. The summed E-state index contributed by atoms with van der Waals surface area (Å²) in [5, 5.41) is 9.49. The molecule has 0 amide bonds. The Kier molecular flexibility index (Phi) is 2.13. The summed E-state index contributed by atoms with van der Waals surface area (Å²) in [4.78, 5) is 0. The fourth-order valence-corrected chi connectivity index (χ4v) is 2.62. The van der Waals surface area contributed by atoms with Crippen LogP contribution in [-0.4, -0.2) is 17.5 Å². The lowest BCUT2D eigenvalue weighted by Gasteiger charge is -2.29. The first kappa shape index (κ1) is 8.52. The molecule has 0 aromatic heterocycles.